The van der Waals surface area contributed by atoms with Crippen LogP contribution >= 0.6 is 0 Å². The molecule has 0 aliphatic carbocycles. The summed E-state index contributed by atoms with van der Waals surface area (Å²) in [6.07, 6.45) is 0.0491. The van der Waals surface area contributed by atoms with Gasteiger partial charge >= 0.3 is 6.16 Å². The van der Waals surface area contributed by atoms with E-state index in [2.05, 4.69) is 0 Å². The molecule has 2 fully saturated rings. The second-order valence-corrected chi connectivity index (χ2v) is 5.40. The van der Waals surface area contributed by atoms with Gasteiger partial charge in [-0.1, -0.05) is 12.1 Å². The standard InChI is InChI=1S/C14H16FNO4/c15-9-3-1-8(2-4-9)11-7-10-5-6-12(13(11)17)16(10)20-14(18)19/h1-4,10-13,17H,5-7H2,(H,18,19). The highest BCUT2D eigenvalue weighted by Gasteiger charge is 2.49. The third-order valence-corrected chi connectivity index (χ3v) is 4.30. The van der Waals surface area contributed by atoms with Crippen molar-refractivity contribution in [1.82, 2.24) is 5.06 Å². The highest BCUT2D eigenvalue weighted by molar-refractivity contribution is 5.56. The number of hydrogen-bond acceptors (Lipinski definition) is 4. The molecule has 1 aromatic carbocycles. The molecule has 0 radical (unpaired) electrons. The van der Waals surface area contributed by atoms with Crippen molar-refractivity contribution in [3.05, 3.63) is 35.6 Å². The summed E-state index contributed by atoms with van der Waals surface area (Å²) >= 11 is 0. The van der Waals surface area contributed by atoms with Gasteiger partial charge in [0.15, 0.2) is 0 Å². The van der Waals surface area contributed by atoms with Gasteiger partial charge in [-0.15, -0.1) is 5.06 Å². The van der Waals surface area contributed by atoms with Crippen molar-refractivity contribution in [1.29, 1.82) is 0 Å². The molecule has 4 unspecified atom stereocenters. The van der Waals surface area contributed by atoms with Gasteiger partial charge in [0.25, 0.3) is 0 Å². The van der Waals surface area contributed by atoms with Gasteiger partial charge in [0, 0.05) is 12.0 Å². The Hall–Kier alpha value is -1.66. The van der Waals surface area contributed by atoms with Crippen molar-refractivity contribution in [3.63, 3.8) is 0 Å². The maximum Gasteiger partial charge on any atom is 0.525 e. The molecule has 0 amide bonds. The summed E-state index contributed by atoms with van der Waals surface area (Å²) in [6, 6.07) is 5.77. The zero-order valence-electron chi connectivity index (χ0n) is 10.8. The topological polar surface area (TPSA) is 70.0 Å². The Morgan fingerprint density at radius 3 is 2.65 bits per heavy atom. The molecule has 2 aliphatic heterocycles. The first-order chi connectivity index (χ1) is 9.56. The van der Waals surface area contributed by atoms with Crippen molar-refractivity contribution in [2.24, 2.45) is 0 Å². The van der Waals surface area contributed by atoms with Gasteiger partial charge in [0.2, 0.25) is 0 Å². The minimum Gasteiger partial charge on any atom is -0.448 e. The highest BCUT2D eigenvalue weighted by Crippen LogP contribution is 2.43. The zero-order chi connectivity index (χ0) is 14.3. The SMILES string of the molecule is O=C(O)ON1C2CCC1C(O)C(c1ccc(F)cc1)C2. The Morgan fingerprint density at radius 1 is 1.30 bits per heavy atom. The number of rotatable bonds is 2. The van der Waals surface area contributed by atoms with E-state index in [1.165, 1.54) is 17.2 Å². The van der Waals surface area contributed by atoms with E-state index in [1.807, 2.05) is 0 Å². The highest BCUT2D eigenvalue weighted by atomic mass is 19.1. The maximum atomic E-state index is 13.0. The van der Waals surface area contributed by atoms with Crippen LogP contribution in [0.5, 0.6) is 0 Å². The quantitative estimate of drug-likeness (QED) is 0.869. The van der Waals surface area contributed by atoms with E-state index in [4.69, 9.17) is 9.94 Å². The van der Waals surface area contributed by atoms with E-state index in [-0.39, 0.29) is 23.8 Å². The Morgan fingerprint density at radius 2 is 2.00 bits per heavy atom. The van der Waals surface area contributed by atoms with Gasteiger partial charge in [-0.3, -0.25) is 0 Å². The largest absolute Gasteiger partial charge is 0.525 e. The number of carboxylic acid groups (broad SMARTS) is 1. The first-order valence-electron chi connectivity index (χ1n) is 6.69. The number of aliphatic hydroxyl groups excluding tert-OH is 1. The number of aliphatic hydroxyl groups is 1. The molecule has 2 heterocycles. The second-order valence-electron chi connectivity index (χ2n) is 5.40. The monoisotopic (exact) mass is 281 g/mol. The fraction of sp³-hybridized carbons (Fsp3) is 0.500. The van der Waals surface area contributed by atoms with Crippen molar-refractivity contribution < 1.29 is 24.2 Å². The van der Waals surface area contributed by atoms with Gasteiger partial charge in [-0.05, 0) is 37.0 Å². The molecule has 0 aromatic heterocycles. The van der Waals surface area contributed by atoms with Gasteiger partial charge in [0.05, 0.1) is 12.1 Å². The summed E-state index contributed by atoms with van der Waals surface area (Å²) in [5, 5.41) is 20.6. The van der Waals surface area contributed by atoms with Crippen LogP contribution in [0, 0.1) is 5.82 Å². The van der Waals surface area contributed by atoms with Gasteiger partial charge in [0.1, 0.15) is 5.82 Å². The van der Waals surface area contributed by atoms with Crippen LogP contribution in [0.15, 0.2) is 24.3 Å². The molecule has 5 nitrogen and oxygen atoms in total. The third-order valence-electron chi connectivity index (χ3n) is 4.30. The molecule has 2 aliphatic rings. The lowest BCUT2D eigenvalue weighted by Crippen LogP contribution is -2.51. The smallest absolute Gasteiger partial charge is 0.448 e. The number of fused-ring (bicyclic) bond motifs is 2. The molecule has 0 saturated carbocycles. The number of carbonyl (C=O) groups is 1. The predicted octanol–water partition coefficient (Wildman–Crippen LogP) is 2.12. The average molecular weight is 281 g/mol. The van der Waals surface area contributed by atoms with Crippen LogP contribution in [0.2, 0.25) is 0 Å². The van der Waals surface area contributed by atoms with Crippen molar-refractivity contribution in [2.45, 2.75) is 43.4 Å². The van der Waals surface area contributed by atoms with Gasteiger partial charge in [-0.2, -0.15) is 0 Å². The molecular formula is C14H16FNO4. The molecule has 2 saturated heterocycles. The molecule has 0 spiro atoms. The van der Waals surface area contributed by atoms with Crippen LogP contribution in [-0.2, 0) is 4.84 Å². The second kappa shape index (κ2) is 5.03. The van der Waals surface area contributed by atoms with Crippen LogP contribution < -0.4 is 0 Å². The van der Waals surface area contributed by atoms with Crippen LogP contribution in [-0.4, -0.2) is 39.6 Å². The number of halogens is 1. The summed E-state index contributed by atoms with van der Waals surface area (Å²) in [7, 11) is 0. The van der Waals surface area contributed by atoms with Crippen LogP contribution in [0.25, 0.3) is 0 Å². The fourth-order valence-electron chi connectivity index (χ4n) is 3.41. The zero-order valence-corrected chi connectivity index (χ0v) is 10.8. The molecular weight excluding hydrogens is 265 g/mol. The summed E-state index contributed by atoms with van der Waals surface area (Å²) in [5.74, 6) is -0.417. The number of hydrogen-bond donors (Lipinski definition) is 2. The molecule has 2 bridgehead atoms. The Labute approximate surface area is 115 Å². The van der Waals surface area contributed by atoms with E-state index < -0.39 is 12.3 Å². The fourth-order valence-corrected chi connectivity index (χ4v) is 3.41. The van der Waals surface area contributed by atoms with Crippen molar-refractivity contribution in [2.75, 3.05) is 0 Å². The minimum absolute atomic E-state index is 0.0189. The number of hydroxylamine groups is 2. The summed E-state index contributed by atoms with van der Waals surface area (Å²) in [4.78, 5) is 15.5. The normalized spacial score (nSPS) is 33.1. The number of nitrogens with zero attached hydrogens (tertiary/aromatic N) is 1. The van der Waals surface area contributed by atoms with Crippen molar-refractivity contribution >= 4 is 6.16 Å². The summed E-state index contributed by atoms with van der Waals surface area (Å²) in [5.41, 5.74) is 0.880. The van der Waals surface area contributed by atoms with Crippen molar-refractivity contribution in [3.8, 4) is 0 Å². The lowest BCUT2D eigenvalue weighted by atomic mass is 9.83. The van der Waals surface area contributed by atoms with Gasteiger partial charge < -0.3 is 15.1 Å². The molecule has 4 atom stereocenters. The van der Waals surface area contributed by atoms with E-state index in [1.54, 1.807) is 12.1 Å². The Bertz CT molecular complexity index is 506. The maximum absolute atomic E-state index is 13.0. The van der Waals surface area contributed by atoms with Crippen LogP contribution in [0.1, 0.15) is 30.7 Å². The molecule has 1 aromatic rings. The molecule has 2 N–H and O–H groups in total. The van der Waals surface area contributed by atoms with E-state index in [0.29, 0.717) is 12.8 Å². The van der Waals surface area contributed by atoms with E-state index >= 15 is 0 Å². The Kier molecular flexibility index (Phi) is 3.35. The van der Waals surface area contributed by atoms with E-state index in [9.17, 15) is 14.3 Å². The van der Waals surface area contributed by atoms with Gasteiger partial charge in [-0.25, -0.2) is 9.18 Å². The predicted molar refractivity (Wildman–Crippen MR) is 67.5 cm³/mol. The molecule has 6 heteroatoms. The number of piperidine rings is 1. The lowest BCUT2D eigenvalue weighted by Gasteiger charge is -2.40. The lowest BCUT2D eigenvalue weighted by molar-refractivity contribution is -0.195. The first-order valence-corrected chi connectivity index (χ1v) is 6.69. The average Bonchev–Trinajstić information content (AvgIpc) is 2.69. The minimum atomic E-state index is -1.35. The molecule has 20 heavy (non-hydrogen) atoms. The Balaban J connectivity index is 1.81. The summed E-state index contributed by atoms with van der Waals surface area (Å²) in [6.45, 7) is 0. The number of benzene rings is 1. The third kappa shape index (κ3) is 2.25. The molecule has 3 rings (SSSR count). The first kappa shape index (κ1) is 13.3. The van der Waals surface area contributed by atoms with E-state index in [0.717, 1.165) is 12.0 Å². The van der Waals surface area contributed by atoms with Crippen LogP contribution in [0.3, 0.4) is 0 Å². The van der Waals surface area contributed by atoms with Crippen LogP contribution in [0.4, 0.5) is 9.18 Å². The molecule has 108 valence electrons. The summed E-state index contributed by atoms with van der Waals surface area (Å²) < 4.78 is 13.0.